The van der Waals surface area contributed by atoms with Gasteiger partial charge in [-0.2, -0.15) is 4.31 Å². The van der Waals surface area contributed by atoms with Gasteiger partial charge in [0.25, 0.3) is 0 Å². The number of nitrogens with two attached hydrogens (primary N) is 1. The minimum atomic E-state index is -3.92. The highest BCUT2D eigenvalue weighted by molar-refractivity contribution is 7.89. The van der Waals surface area contributed by atoms with Crippen LogP contribution in [0.2, 0.25) is 5.02 Å². The Labute approximate surface area is 130 Å². The van der Waals surface area contributed by atoms with Crippen LogP contribution in [0.4, 0.5) is 5.69 Å². The molecule has 0 unspecified atom stereocenters. The normalized spacial score (nSPS) is 11.7. The van der Waals surface area contributed by atoms with Crippen LogP contribution in [0, 0.1) is 0 Å². The molecule has 118 valence electrons. The standard InChI is InChI=1S/C13H20ClN3O3S/c1-4-8-17(9-12(18)16(2)3)21(19,20)13-10(14)6-5-7-11(13)15/h5-7H,4,8-9,15H2,1-3H3. The number of sulfonamides is 1. The number of nitrogens with zero attached hydrogens (tertiary/aromatic N) is 2. The van der Waals surface area contributed by atoms with Crippen LogP contribution in [0.3, 0.4) is 0 Å². The summed E-state index contributed by atoms with van der Waals surface area (Å²) in [5.74, 6) is -0.308. The third-order valence-corrected chi connectivity index (χ3v) is 5.27. The van der Waals surface area contributed by atoms with Crippen molar-refractivity contribution in [1.82, 2.24) is 9.21 Å². The van der Waals surface area contributed by atoms with Gasteiger partial charge in [-0.25, -0.2) is 8.42 Å². The summed E-state index contributed by atoms with van der Waals surface area (Å²) in [4.78, 5) is 13.0. The van der Waals surface area contributed by atoms with Gasteiger partial charge >= 0.3 is 0 Å². The molecule has 0 aliphatic heterocycles. The molecule has 8 heteroatoms. The lowest BCUT2D eigenvalue weighted by Gasteiger charge is -2.24. The van der Waals surface area contributed by atoms with Gasteiger partial charge in [0.05, 0.1) is 17.3 Å². The molecule has 0 saturated heterocycles. The maximum atomic E-state index is 12.7. The van der Waals surface area contributed by atoms with Gasteiger partial charge in [-0.15, -0.1) is 0 Å². The van der Waals surface area contributed by atoms with Gasteiger partial charge in [0.1, 0.15) is 4.90 Å². The summed E-state index contributed by atoms with van der Waals surface area (Å²) in [6.07, 6.45) is 0.574. The summed E-state index contributed by atoms with van der Waals surface area (Å²) >= 11 is 5.98. The van der Waals surface area contributed by atoms with E-state index in [-0.39, 0.29) is 34.6 Å². The van der Waals surface area contributed by atoms with E-state index in [9.17, 15) is 13.2 Å². The van der Waals surface area contributed by atoms with E-state index >= 15 is 0 Å². The molecule has 0 fully saturated rings. The quantitative estimate of drug-likeness (QED) is 0.798. The molecule has 0 atom stereocenters. The Morgan fingerprint density at radius 1 is 1.33 bits per heavy atom. The fourth-order valence-corrected chi connectivity index (χ4v) is 3.87. The van der Waals surface area contributed by atoms with E-state index < -0.39 is 10.0 Å². The summed E-state index contributed by atoms with van der Waals surface area (Å²) in [5, 5.41) is 0.0494. The Bertz CT molecular complexity index is 597. The third kappa shape index (κ3) is 4.09. The molecule has 6 nitrogen and oxygen atoms in total. The number of carbonyl (C=O) groups is 1. The number of anilines is 1. The average molecular weight is 334 g/mol. The van der Waals surface area contributed by atoms with E-state index in [4.69, 9.17) is 17.3 Å². The molecule has 2 N–H and O–H groups in total. The first-order chi connectivity index (χ1) is 9.71. The van der Waals surface area contributed by atoms with Crippen LogP contribution in [0.25, 0.3) is 0 Å². The van der Waals surface area contributed by atoms with E-state index in [0.29, 0.717) is 6.42 Å². The number of likely N-dealkylation sites (N-methyl/N-ethyl adjacent to an activating group) is 1. The van der Waals surface area contributed by atoms with Gasteiger partial charge in [-0.05, 0) is 18.6 Å². The third-order valence-electron chi connectivity index (χ3n) is 2.88. The van der Waals surface area contributed by atoms with Crippen LogP contribution >= 0.6 is 11.6 Å². The van der Waals surface area contributed by atoms with Crippen LogP contribution < -0.4 is 5.73 Å². The van der Waals surface area contributed by atoms with Gasteiger partial charge in [0, 0.05) is 20.6 Å². The Morgan fingerprint density at radius 2 is 1.95 bits per heavy atom. The van der Waals surface area contributed by atoms with Gasteiger partial charge in [-0.1, -0.05) is 24.6 Å². The molecule has 0 bridgehead atoms. The van der Waals surface area contributed by atoms with Crippen molar-refractivity contribution in [3.05, 3.63) is 23.2 Å². The lowest BCUT2D eigenvalue weighted by atomic mass is 10.3. The molecule has 0 aromatic heterocycles. The number of carbonyl (C=O) groups excluding carboxylic acids is 1. The van der Waals surface area contributed by atoms with Gasteiger partial charge in [0.15, 0.2) is 0 Å². The minimum absolute atomic E-state index is 0.0494. The number of hydrogen-bond acceptors (Lipinski definition) is 4. The zero-order valence-electron chi connectivity index (χ0n) is 12.3. The predicted octanol–water partition coefficient (Wildman–Crippen LogP) is 1.41. The monoisotopic (exact) mass is 333 g/mol. The van der Waals surface area contributed by atoms with Gasteiger partial charge < -0.3 is 10.6 Å². The molecule has 0 spiro atoms. The fourth-order valence-electron chi connectivity index (χ4n) is 1.75. The maximum absolute atomic E-state index is 12.7. The summed E-state index contributed by atoms with van der Waals surface area (Å²) in [6.45, 7) is 1.80. The van der Waals surface area contributed by atoms with E-state index in [1.165, 1.54) is 17.0 Å². The molecule has 0 radical (unpaired) electrons. The number of halogens is 1. The molecule has 0 heterocycles. The second-order valence-electron chi connectivity index (χ2n) is 4.78. The first kappa shape index (κ1) is 17.7. The number of hydrogen-bond donors (Lipinski definition) is 1. The van der Waals surface area contributed by atoms with Crippen molar-refractivity contribution in [3.63, 3.8) is 0 Å². The van der Waals surface area contributed by atoms with Crippen molar-refractivity contribution >= 4 is 33.2 Å². The zero-order chi connectivity index (χ0) is 16.2. The molecule has 1 amide bonds. The highest BCUT2D eigenvalue weighted by Crippen LogP contribution is 2.30. The Morgan fingerprint density at radius 3 is 2.43 bits per heavy atom. The zero-order valence-corrected chi connectivity index (χ0v) is 13.9. The largest absolute Gasteiger partial charge is 0.398 e. The van der Waals surface area contributed by atoms with Crippen molar-refractivity contribution in [2.45, 2.75) is 18.2 Å². The van der Waals surface area contributed by atoms with Crippen LogP contribution in [0.15, 0.2) is 23.1 Å². The highest BCUT2D eigenvalue weighted by atomic mass is 35.5. The van der Waals surface area contributed by atoms with E-state index in [0.717, 1.165) is 4.31 Å². The number of nitrogen functional groups attached to an aromatic ring is 1. The first-order valence-corrected chi connectivity index (χ1v) is 8.28. The molecule has 1 aromatic carbocycles. The average Bonchev–Trinajstić information content (AvgIpc) is 2.37. The Kier molecular flexibility index (Phi) is 6.00. The Hall–Kier alpha value is -1.31. The Balaban J connectivity index is 3.25. The van der Waals surface area contributed by atoms with Crippen molar-refractivity contribution in [1.29, 1.82) is 0 Å². The number of rotatable bonds is 6. The van der Waals surface area contributed by atoms with Crippen LogP contribution in [0.1, 0.15) is 13.3 Å². The summed E-state index contributed by atoms with van der Waals surface area (Å²) in [5.41, 5.74) is 5.82. The van der Waals surface area contributed by atoms with E-state index in [1.807, 2.05) is 6.92 Å². The van der Waals surface area contributed by atoms with Crippen molar-refractivity contribution < 1.29 is 13.2 Å². The molecule has 0 aliphatic carbocycles. The SMILES string of the molecule is CCCN(CC(=O)N(C)C)S(=O)(=O)c1c(N)cccc1Cl. The molecule has 0 saturated carbocycles. The van der Waals surface area contributed by atoms with Crippen molar-refractivity contribution in [2.75, 3.05) is 32.9 Å². The number of benzene rings is 1. The molecular formula is C13H20ClN3O3S. The van der Waals surface area contributed by atoms with Gasteiger partial charge in [-0.3, -0.25) is 4.79 Å². The summed E-state index contributed by atoms with van der Waals surface area (Å²) < 4.78 is 26.5. The lowest BCUT2D eigenvalue weighted by Crippen LogP contribution is -2.40. The topological polar surface area (TPSA) is 83.7 Å². The second-order valence-corrected chi connectivity index (χ2v) is 7.07. The summed E-state index contributed by atoms with van der Waals surface area (Å²) in [6, 6.07) is 4.51. The van der Waals surface area contributed by atoms with E-state index in [2.05, 4.69) is 0 Å². The first-order valence-electron chi connectivity index (χ1n) is 6.46. The maximum Gasteiger partial charge on any atom is 0.247 e. The van der Waals surface area contributed by atoms with Crippen LogP contribution in [-0.2, 0) is 14.8 Å². The molecular weight excluding hydrogens is 314 g/mol. The lowest BCUT2D eigenvalue weighted by molar-refractivity contribution is -0.128. The smallest absolute Gasteiger partial charge is 0.247 e. The summed E-state index contributed by atoms with van der Waals surface area (Å²) in [7, 11) is -0.780. The second kappa shape index (κ2) is 7.11. The van der Waals surface area contributed by atoms with Gasteiger partial charge in [0.2, 0.25) is 15.9 Å². The van der Waals surface area contributed by atoms with Crippen molar-refractivity contribution in [2.24, 2.45) is 0 Å². The van der Waals surface area contributed by atoms with E-state index in [1.54, 1.807) is 20.2 Å². The molecule has 0 aliphatic rings. The molecule has 21 heavy (non-hydrogen) atoms. The molecule has 1 aromatic rings. The molecule has 1 rings (SSSR count). The number of amides is 1. The fraction of sp³-hybridized carbons (Fsp3) is 0.462. The highest BCUT2D eigenvalue weighted by Gasteiger charge is 2.30. The minimum Gasteiger partial charge on any atom is -0.398 e. The van der Waals surface area contributed by atoms with Crippen LogP contribution in [-0.4, -0.2) is 50.7 Å². The van der Waals surface area contributed by atoms with Crippen LogP contribution in [0.5, 0.6) is 0 Å². The predicted molar refractivity (Wildman–Crippen MR) is 83.6 cm³/mol. The van der Waals surface area contributed by atoms with Crippen molar-refractivity contribution in [3.8, 4) is 0 Å².